The van der Waals surface area contributed by atoms with Gasteiger partial charge in [0.05, 0.1) is 42.2 Å². The largest absolute Gasteiger partial charge is 0.467 e. The van der Waals surface area contributed by atoms with Gasteiger partial charge in [0, 0.05) is 26.6 Å². The number of halogens is 1. The lowest BCUT2D eigenvalue weighted by molar-refractivity contribution is -0.146. The SMILES string of the molecule is COC(=O)C1=C(C(=O)c2ccc(Br)cc2)c2c3n(c4ccccc4nc-3c3ccccc23)C1C(=O)OC. The molecule has 2 aliphatic heterocycles. The minimum Gasteiger partial charge on any atom is -0.467 e. The predicted molar refractivity (Wildman–Crippen MR) is 142 cm³/mol. The number of benzene rings is 3. The minimum atomic E-state index is -1.26. The summed E-state index contributed by atoms with van der Waals surface area (Å²) in [6.07, 6.45) is 0. The van der Waals surface area contributed by atoms with Crippen molar-refractivity contribution >= 4 is 61.0 Å². The third-order valence-corrected chi connectivity index (χ3v) is 7.27. The van der Waals surface area contributed by atoms with Crippen LogP contribution in [0.5, 0.6) is 0 Å². The second kappa shape index (κ2) is 8.67. The van der Waals surface area contributed by atoms with Gasteiger partial charge in [0.15, 0.2) is 11.8 Å². The molecule has 0 bridgehead atoms. The van der Waals surface area contributed by atoms with Crippen molar-refractivity contribution in [2.45, 2.75) is 6.04 Å². The molecule has 0 spiro atoms. The molecule has 3 aromatic rings. The van der Waals surface area contributed by atoms with Crippen LogP contribution in [0.1, 0.15) is 22.0 Å². The molecule has 7 nitrogen and oxygen atoms in total. The monoisotopic (exact) mass is 554 g/mol. The number of hydrogen-bond donors (Lipinski definition) is 0. The Hall–Kier alpha value is -4.30. The first-order chi connectivity index (χ1) is 18.0. The Morgan fingerprint density at radius 2 is 1.54 bits per heavy atom. The van der Waals surface area contributed by atoms with Gasteiger partial charge in [-0.25, -0.2) is 14.6 Å². The summed E-state index contributed by atoms with van der Waals surface area (Å²) in [5, 5.41) is 1.56. The highest BCUT2D eigenvalue weighted by atomic mass is 79.9. The Labute approximate surface area is 219 Å². The molecular weight excluding hydrogens is 536 g/mol. The van der Waals surface area contributed by atoms with Crippen LogP contribution >= 0.6 is 15.9 Å². The van der Waals surface area contributed by atoms with Crippen LogP contribution in [0, 0.1) is 0 Å². The van der Waals surface area contributed by atoms with Crippen LogP contribution in [0.4, 0.5) is 0 Å². The number of hydrogen-bond acceptors (Lipinski definition) is 6. The second-order valence-electron chi connectivity index (χ2n) is 8.63. The maximum Gasteiger partial charge on any atom is 0.337 e. The van der Waals surface area contributed by atoms with Crippen molar-refractivity contribution in [3.63, 3.8) is 0 Å². The third-order valence-electron chi connectivity index (χ3n) is 6.74. The van der Waals surface area contributed by atoms with Crippen molar-refractivity contribution < 1.29 is 23.9 Å². The molecule has 3 aromatic carbocycles. The van der Waals surface area contributed by atoms with Gasteiger partial charge in [-0.3, -0.25) is 4.79 Å². The van der Waals surface area contributed by atoms with E-state index < -0.39 is 23.8 Å². The zero-order chi connectivity index (χ0) is 25.8. The van der Waals surface area contributed by atoms with Crippen LogP contribution in [0.2, 0.25) is 0 Å². The number of ketones is 1. The van der Waals surface area contributed by atoms with Gasteiger partial charge in [-0.1, -0.05) is 52.3 Å². The van der Waals surface area contributed by atoms with Gasteiger partial charge in [0.2, 0.25) is 0 Å². The van der Waals surface area contributed by atoms with Gasteiger partial charge in [-0.05, 0) is 41.8 Å². The van der Waals surface area contributed by atoms with Crippen LogP contribution in [0.15, 0.2) is 82.8 Å². The van der Waals surface area contributed by atoms with E-state index in [1.165, 1.54) is 14.2 Å². The molecule has 182 valence electrons. The molecule has 2 heterocycles. The molecule has 37 heavy (non-hydrogen) atoms. The number of carbonyl (C=O) groups excluding carboxylic acids is 3. The van der Waals surface area contributed by atoms with Gasteiger partial charge in [-0.2, -0.15) is 0 Å². The standard InChI is InChI=1S/C29H19BrN2O5/c1-36-28(34)23-22(27(33)15-11-13-16(30)14-12-15)21-17-7-3-4-8-18(17)24-25(21)32(26(23)29(35)37-2)20-10-6-5-9-19(20)31-24/h3-14,26H,1-2H3. The number of fused-ring (bicyclic) bond motifs is 5. The maximum atomic E-state index is 14.2. The highest BCUT2D eigenvalue weighted by Gasteiger charge is 2.45. The smallest absolute Gasteiger partial charge is 0.337 e. The summed E-state index contributed by atoms with van der Waals surface area (Å²) in [6.45, 7) is 0. The van der Waals surface area contributed by atoms with E-state index in [-0.39, 0.29) is 11.1 Å². The summed E-state index contributed by atoms with van der Waals surface area (Å²) >= 11 is 3.40. The van der Waals surface area contributed by atoms with Gasteiger partial charge < -0.3 is 14.0 Å². The number of Topliss-reactive ketones (excluding diaryl/α,β-unsaturated/α-hetero) is 1. The molecule has 0 radical (unpaired) electrons. The molecule has 3 aliphatic rings. The number of para-hydroxylation sites is 2. The Morgan fingerprint density at radius 3 is 2.24 bits per heavy atom. The van der Waals surface area contributed by atoms with E-state index in [4.69, 9.17) is 14.5 Å². The summed E-state index contributed by atoms with van der Waals surface area (Å²) in [7, 11) is 2.49. The predicted octanol–water partition coefficient (Wildman–Crippen LogP) is 5.59. The molecule has 6 rings (SSSR count). The molecular formula is C29H19BrN2O5. The van der Waals surface area contributed by atoms with Gasteiger partial charge >= 0.3 is 11.9 Å². The molecule has 0 N–H and O–H groups in total. The molecule has 0 amide bonds. The first-order valence-electron chi connectivity index (χ1n) is 11.5. The Bertz CT molecular complexity index is 1770. The average molecular weight is 555 g/mol. The highest BCUT2D eigenvalue weighted by molar-refractivity contribution is 9.10. The molecule has 0 saturated carbocycles. The van der Waals surface area contributed by atoms with Gasteiger partial charge in [0.25, 0.3) is 0 Å². The van der Waals surface area contributed by atoms with Gasteiger partial charge in [-0.15, -0.1) is 0 Å². The van der Waals surface area contributed by atoms with Crippen LogP contribution in [0.25, 0.3) is 38.8 Å². The number of carbonyl (C=O) groups is 3. The second-order valence-corrected chi connectivity index (χ2v) is 9.55. The fourth-order valence-corrected chi connectivity index (χ4v) is 5.46. The van der Waals surface area contributed by atoms with Crippen LogP contribution < -0.4 is 0 Å². The van der Waals surface area contributed by atoms with Crippen molar-refractivity contribution in [3.8, 4) is 11.4 Å². The number of aromatic nitrogens is 2. The van der Waals surface area contributed by atoms with E-state index >= 15 is 0 Å². The van der Waals surface area contributed by atoms with Crippen molar-refractivity contribution in [1.29, 1.82) is 0 Å². The first kappa shape index (κ1) is 23.1. The first-order valence-corrected chi connectivity index (χ1v) is 12.3. The van der Waals surface area contributed by atoms with Gasteiger partial charge in [0.1, 0.15) is 0 Å². The van der Waals surface area contributed by atoms with Crippen molar-refractivity contribution in [2.24, 2.45) is 0 Å². The Morgan fingerprint density at radius 1 is 0.865 bits per heavy atom. The fourth-order valence-electron chi connectivity index (χ4n) is 5.19. The number of allylic oxidation sites excluding steroid dienone is 1. The Kier molecular flexibility index (Phi) is 5.42. The average Bonchev–Trinajstić information content (AvgIpc) is 3.26. The maximum absolute atomic E-state index is 14.2. The summed E-state index contributed by atoms with van der Waals surface area (Å²) in [4.78, 5) is 46.0. The summed E-state index contributed by atoms with van der Waals surface area (Å²) in [5.41, 5.74) is 3.41. The summed E-state index contributed by atoms with van der Waals surface area (Å²) in [6, 6.07) is 20.5. The van der Waals surface area contributed by atoms with E-state index in [1.807, 2.05) is 48.5 Å². The number of rotatable bonds is 4. The Balaban J connectivity index is 1.84. The molecule has 8 heteroatoms. The van der Waals surface area contributed by atoms with Crippen LogP contribution in [0.3, 0.4) is 0 Å². The number of methoxy groups -OCH3 is 2. The molecule has 0 aromatic heterocycles. The van der Waals surface area contributed by atoms with Crippen molar-refractivity contribution in [1.82, 2.24) is 9.55 Å². The lowest BCUT2D eigenvalue weighted by Crippen LogP contribution is -2.33. The summed E-state index contributed by atoms with van der Waals surface area (Å²) < 4.78 is 12.9. The lowest BCUT2D eigenvalue weighted by atomic mass is 9.84. The zero-order valence-corrected chi connectivity index (χ0v) is 21.4. The highest BCUT2D eigenvalue weighted by Crippen LogP contribution is 2.51. The van der Waals surface area contributed by atoms with Crippen LogP contribution in [-0.4, -0.2) is 41.5 Å². The molecule has 0 fully saturated rings. The fraction of sp³-hybridized carbons (Fsp3) is 0.103. The quantitative estimate of drug-likeness (QED) is 0.212. The van der Waals surface area contributed by atoms with E-state index in [0.29, 0.717) is 33.5 Å². The number of nitrogens with zero attached hydrogens (tertiary/aromatic N) is 2. The van der Waals surface area contributed by atoms with Crippen molar-refractivity contribution in [3.05, 3.63) is 94.0 Å². The summed E-state index contributed by atoms with van der Waals surface area (Å²) in [5.74, 6) is -1.88. The van der Waals surface area contributed by atoms with Crippen molar-refractivity contribution in [2.75, 3.05) is 14.2 Å². The number of ether oxygens (including phenoxy) is 2. The molecule has 1 aliphatic carbocycles. The van der Waals surface area contributed by atoms with E-state index in [1.54, 1.807) is 28.8 Å². The van der Waals surface area contributed by atoms with E-state index in [9.17, 15) is 14.4 Å². The number of esters is 2. The van der Waals surface area contributed by atoms with Crippen LogP contribution in [-0.2, 0) is 19.1 Å². The zero-order valence-electron chi connectivity index (χ0n) is 19.8. The normalized spacial score (nSPS) is 14.8. The molecule has 0 saturated heterocycles. The van der Waals surface area contributed by atoms with E-state index in [0.717, 1.165) is 15.2 Å². The minimum absolute atomic E-state index is 0.0752. The topological polar surface area (TPSA) is 87.5 Å². The van der Waals surface area contributed by atoms with E-state index in [2.05, 4.69) is 15.9 Å². The third kappa shape index (κ3) is 3.33. The lowest BCUT2D eigenvalue weighted by Gasteiger charge is -2.31. The molecule has 1 unspecified atom stereocenters. The molecule has 1 atom stereocenters.